The third-order valence-corrected chi connectivity index (χ3v) is 11.0. The summed E-state index contributed by atoms with van der Waals surface area (Å²) in [6.07, 6.45) is 72.2. The van der Waals surface area contributed by atoms with Gasteiger partial charge in [0.15, 0.2) is 6.10 Å². The third-order valence-electron chi connectivity index (χ3n) is 11.0. The van der Waals surface area contributed by atoms with Gasteiger partial charge in [-0.1, -0.05) is 207 Å². The highest BCUT2D eigenvalue weighted by Gasteiger charge is 2.19. The molecule has 1 unspecified atom stereocenters. The zero-order chi connectivity index (χ0) is 47.9. The van der Waals surface area contributed by atoms with Gasteiger partial charge in [0.25, 0.3) is 0 Å². The lowest BCUT2D eigenvalue weighted by molar-refractivity contribution is -0.167. The van der Waals surface area contributed by atoms with Gasteiger partial charge in [-0.05, 0) is 116 Å². The van der Waals surface area contributed by atoms with Gasteiger partial charge in [-0.25, -0.2) is 0 Å². The minimum absolute atomic E-state index is 0.108. The van der Waals surface area contributed by atoms with Crippen LogP contribution in [0.2, 0.25) is 0 Å². The Morgan fingerprint density at radius 2 is 0.636 bits per heavy atom. The fourth-order valence-electron chi connectivity index (χ4n) is 7.03. The number of hydrogen-bond donors (Lipinski definition) is 0. The van der Waals surface area contributed by atoms with Gasteiger partial charge in [-0.3, -0.25) is 14.4 Å². The smallest absolute Gasteiger partial charge is 0.306 e. The van der Waals surface area contributed by atoms with Crippen LogP contribution in [0.1, 0.15) is 233 Å². The van der Waals surface area contributed by atoms with Crippen LogP contribution in [0.5, 0.6) is 0 Å². The number of carbonyl (C=O) groups excluding carboxylic acids is 3. The zero-order valence-electron chi connectivity index (χ0n) is 42.7. The molecule has 0 rings (SSSR count). The highest BCUT2D eigenvalue weighted by Crippen LogP contribution is 2.13. The first-order valence-corrected chi connectivity index (χ1v) is 26.9. The van der Waals surface area contributed by atoms with Crippen LogP contribution in [-0.4, -0.2) is 37.2 Å². The van der Waals surface area contributed by atoms with Crippen molar-refractivity contribution in [2.45, 2.75) is 239 Å². The Morgan fingerprint density at radius 1 is 0.333 bits per heavy atom. The minimum atomic E-state index is -0.813. The van der Waals surface area contributed by atoms with Crippen molar-refractivity contribution in [3.63, 3.8) is 0 Å². The van der Waals surface area contributed by atoms with Crippen LogP contribution in [0, 0.1) is 0 Å². The maximum atomic E-state index is 12.8. The van der Waals surface area contributed by atoms with Crippen molar-refractivity contribution >= 4 is 17.9 Å². The molecule has 0 aliphatic carbocycles. The molecular formula is C60H98O6. The Labute approximate surface area is 406 Å². The van der Waals surface area contributed by atoms with E-state index in [0.29, 0.717) is 12.8 Å². The van der Waals surface area contributed by atoms with E-state index in [-0.39, 0.29) is 37.5 Å². The van der Waals surface area contributed by atoms with E-state index in [9.17, 15) is 14.4 Å². The molecule has 0 aromatic rings. The molecule has 0 aromatic heterocycles. The Hall–Kier alpha value is -3.93. The van der Waals surface area contributed by atoms with Crippen LogP contribution >= 0.6 is 0 Å². The second-order valence-electron chi connectivity index (χ2n) is 17.4. The van der Waals surface area contributed by atoms with E-state index >= 15 is 0 Å². The summed E-state index contributed by atoms with van der Waals surface area (Å²) < 4.78 is 16.8. The van der Waals surface area contributed by atoms with Gasteiger partial charge in [-0.15, -0.1) is 0 Å². The summed E-state index contributed by atoms with van der Waals surface area (Å²) in [7, 11) is 0. The summed E-state index contributed by atoms with van der Waals surface area (Å²) in [5.74, 6) is -0.980. The summed E-state index contributed by atoms with van der Waals surface area (Å²) in [6.45, 7) is 6.34. The predicted molar refractivity (Wildman–Crippen MR) is 283 cm³/mol. The zero-order valence-corrected chi connectivity index (χ0v) is 42.7. The van der Waals surface area contributed by atoms with Gasteiger partial charge in [-0.2, -0.15) is 0 Å². The van der Waals surface area contributed by atoms with Crippen molar-refractivity contribution in [2.24, 2.45) is 0 Å². The van der Waals surface area contributed by atoms with Gasteiger partial charge in [0.2, 0.25) is 0 Å². The van der Waals surface area contributed by atoms with Crippen molar-refractivity contribution in [1.29, 1.82) is 0 Å². The number of hydrogen-bond acceptors (Lipinski definition) is 6. The molecule has 0 amide bonds. The second kappa shape index (κ2) is 53.7. The summed E-state index contributed by atoms with van der Waals surface area (Å²) in [5, 5.41) is 0. The molecule has 0 bridgehead atoms. The molecule has 0 saturated carbocycles. The van der Waals surface area contributed by atoms with Crippen molar-refractivity contribution in [3.05, 3.63) is 109 Å². The van der Waals surface area contributed by atoms with Crippen molar-refractivity contribution in [2.75, 3.05) is 13.2 Å². The fraction of sp³-hybridized carbons (Fsp3) is 0.650. The molecule has 0 radical (unpaired) electrons. The van der Waals surface area contributed by atoms with E-state index in [4.69, 9.17) is 14.2 Å². The van der Waals surface area contributed by atoms with E-state index < -0.39 is 6.10 Å². The number of ether oxygens (including phenoxy) is 3. The molecule has 6 heteroatoms. The lowest BCUT2D eigenvalue weighted by atomic mass is 10.1. The van der Waals surface area contributed by atoms with Crippen molar-refractivity contribution in [3.8, 4) is 0 Å². The fourth-order valence-corrected chi connectivity index (χ4v) is 7.03. The molecule has 6 nitrogen and oxygen atoms in total. The van der Waals surface area contributed by atoms with Crippen LogP contribution in [-0.2, 0) is 28.6 Å². The molecule has 0 saturated heterocycles. The van der Waals surface area contributed by atoms with Crippen LogP contribution in [0.3, 0.4) is 0 Å². The number of rotatable bonds is 47. The highest BCUT2D eigenvalue weighted by atomic mass is 16.6. The van der Waals surface area contributed by atoms with Gasteiger partial charge < -0.3 is 14.2 Å². The van der Waals surface area contributed by atoms with Gasteiger partial charge >= 0.3 is 17.9 Å². The minimum Gasteiger partial charge on any atom is -0.462 e. The first kappa shape index (κ1) is 62.1. The maximum Gasteiger partial charge on any atom is 0.306 e. The SMILES string of the molecule is CC/C=C\C/C=C\C/C=C\C/C=C\CCCCCC(=O)OC(COC(=O)CCCCCC/C=C\C/C=C\C/C=C\CC)COC(=O)CCCCCCC/C=C\C=C/CCCCCCCCC. The van der Waals surface area contributed by atoms with Crippen LogP contribution < -0.4 is 0 Å². The van der Waals surface area contributed by atoms with E-state index in [0.717, 1.165) is 141 Å². The third kappa shape index (κ3) is 51.1. The van der Waals surface area contributed by atoms with Crippen LogP contribution in [0.15, 0.2) is 109 Å². The summed E-state index contributed by atoms with van der Waals surface area (Å²) in [4.78, 5) is 38.0. The van der Waals surface area contributed by atoms with E-state index in [1.54, 1.807) is 0 Å². The summed E-state index contributed by atoms with van der Waals surface area (Å²) in [6, 6.07) is 0. The molecule has 0 aliphatic heterocycles. The molecule has 0 aliphatic rings. The molecule has 1 atom stereocenters. The summed E-state index contributed by atoms with van der Waals surface area (Å²) >= 11 is 0. The Morgan fingerprint density at radius 3 is 1.03 bits per heavy atom. The van der Waals surface area contributed by atoms with E-state index in [1.165, 1.54) is 51.4 Å². The topological polar surface area (TPSA) is 78.9 Å². The molecule has 0 fully saturated rings. The molecule has 0 spiro atoms. The Kier molecular flexibility index (Phi) is 50.5. The molecule has 0 N–H and O–H groups in total. The second-order valence-corrected chi connectivity index (χ2v) is 17.4. The quantitative estimate of drug-likeness (QED) is 0.0199. The number of esters is 3. The van der Waals surface area contributed by atoms with Gasteiger partial charge in [0.05, 0.1) is 0 Å². The highest BCUT2D eigenvalue weighted by molar-refractivity contribution is 5.71. The standard InChI is InChI=1S/C60H98O6/c1-4-7-10-13-16-19-22-25-28-30-31-33-35-38-41-44-47-50-53-59(62)65-56-57(55-64-58(61)52-49-46-43-40-37-34-27-24-21-18-15-12-9-6-3)66-60(63)54-51-48-45-42-39-36-32-29-26-23-20-17-14-11-8-5-2/h8-9,11-12,17-18,20-21,26-31,33-34,36,39,57H,4-7,10,13-16,19,22-25,32,35,37-38,40-56H2,1-3H3/b11-8-,12-9-,20-17-,21-18-,29-26-,30-28-,33-31-,34-27-,39-36-. The molecule has 0 aromatic carbocycles. The van der Waals surface area contributed by atoms with Crippen LogP contribution in [0.4, 0.5) is 0 Å². The van der Waals surface area contributed by atoms with E-state index in [2.05, 4.69) is 130 Å². The lowest BCUT2D eigenvalue weighted by Crippen LogP contribution is -2.30. The predicted octanol–water partition coefficient (Wildman–Crippen LogP) is 17.9. The first-order valence-electron chi connectivity index (χ1n) is 26.9. The van der Waals surface area contributed by atoms with Gasteiger partial charge in [0, 0.05) is 19.3 Å². The number of allylic oxidation sites excluding steroid dienone is 18. The Balaban J connectivity index is 4.51. The molecule has 0 heterocycles. The average Bonchev–Trinajstić information content (AvgIpc) is 3.31. The maximum absolute atomic E-state index is 12.8. The van der Waals surface area contributed by atoms with Crippen molar-refractivity contribution in [1.82, 2.24) is 0 Å². The summed E-state index contributed by atoms with van der Waals surface area (Å²) in [5.41, 5.74) is 0. The number of unbranched alkanes of at least 4 members (excludes halogenated alkanes) is 19. The average molecular weight is 915 g/mol. The molecule has 374 valence electrons. The first-order chi connectivity index (χ1) is 32.5. The molecule has 66 heavy (non-hydrogen) atoms. The van der Waals surface area contributed by atoms with Crippen LogP contribution in [0.25, 0.3) is 0 Å². The Bertz CT molecular complexity index is 1370. The lowest BCUT2D eigenvalue weighted by Gasteiger charge is -2.18. The van der Waals surface area contributed by atoms with Gasteiger partial charge in [0.1, 0.15) is 13.2 Å². The normalized spacial score (nSPS) is 13.0. The molecular weight excluding hydrogens is 817 g/mol. The van der Waals surface area contributed by atoms with Crippen molar-refractivity contribution < 1.29 is 28.6 Å². The van der Waals surface area contributed by atoms with E-state index in [1.807, 2.05) is 0 Å². The monoisotopic (exact) mass is 915 g/mol. The number of carbonyl (C=O) groups is 3. The largest absolute Gasteiger partial charge is 0.462 e.